The van der Waals surface area contributed by atoms with Crippen LogP contribution in [-0.2, 0) is 12.8 Å². The third-order valence-electron chi connectivity index (χ3n) is 4.28. The average molecular weight is 346 g/mol. The molecule has 2 aromatic carbocycles. The fraction of sp³-hybridized carbons (Fsp3) is 0.333. The molecule has 0 spiro atoms. The summed E-state index contributed by atoms with van der Waals surface area (Å²) in [5.74, 6) is 0. The molecule has 0 fully saturated rings. The minimum atomic E-state index is -0.763. The number of hydrogen-bond acceptors (Lipinski definition) is 2. The second kappa shape index (κ2) is 5.82. The number of rotatable bonds is 3. The van der Waals surface area contributed by atoms with E-state index >= 15 is 0 Å². The summed E-state index contributed by atoms with van der Waals surface area (Å²) in [6, 6.07) is 16.6. The van der Waals surface area contributed by atoms with Crippen LogP contribution in [0.1, 0.15) is 24.5 Å². The third-order valence-corrected chi connectivity index (χ3v) is 4.80. The van der Waals surface area contributed by atoms with Gasteiger partial charge in [0.05, 0.1) is 11.6 Å². The second-order valence-electron chi connectivity index (χ2n) is 6.05. The van der Waals surface area contributed by atoms with Crippen molar-refractivity contribution in [3.63, 3.8) is 0 Å². The molecule has 110 valence electrons. The molecule has 3 rings (SSSR count). The summed E-state index contributed by atoms with van der Waals surface area (Å²) in [7, 11) is 0. The Balaban J connectivity index is 1.75. The van der Waals surface area contributed by atoms with Gasteiger partial charge in [0, 0.05) is 16.6 Å². The summed E-state index contributed by atoms with van der Waals surface area (Å²) < 4.78 is 1.07. The standard InChI is InChI=1S/C18H20BrNO/c1-18(21,12-13-6-9-15(19)10-7-13)17-11-8-14-4-2-3-5-16(14)20-17/h2-7,9-10,17,20-21H,8,11-12H2,1H3. The van der Waals surface area contributed by atoms with Gasteiger partial charge in [0.15, 0.2) is 0 Å². The van der Waals surface area contributed by atoms with Crippen molar-refractivity contribution in [1.29, 1.82) is 0 Å². The van der Waals surface area contributed by atoms with E-state index in [1.165, 1.54) is 5.56 Å². The van der Waals surface area contributed by atoms with Crippen LogP contribution >= 0.6 is 15.9 Å². The molecule has 1 aliphatic heterocycles. The highest BCUT2D eigenvalue weighted by molar-refractivity contribution is 9.10. The maximum absolute atomic E-state index is 10.9. The van der Waals surface area contributed by atoms with Crippen molar-refractivity contribution < 1.29 is 5.11 Å². The number of aliphatic hydroxyl groups is 1. The number of aryl methyl sites for hydroxylation is 1. The molecular weight excluding hydrogens is 326 g/mol. The van der Waals surface area contributed by atoms with Crippen molar-refractivity contribution in [2.24, 2.45) is 0 Å². The van der Waals surface area contributed by atoms with Gasteiger partial charge in [-0.3, -0.25) is 0 Å². The molecule has 2 aromatic rings. The van der Waals surface area contributed by atoms with Gasteiger partial charge in [-0.2, -0.15) is 0 Å². The maximum Gasteiger partial charge on any atom is 0.0859 e. The molecule has 3 heteroatoms. The highest BCUT2D eigenvalue weighted by atomic mass is 79.9. The van der Waals surface area contributed by atoms with Gasteiger partial charge in [0.1, 0.15) is 0 Å². The normalized spacial score (nSPS) is 20.2. The van der Waals surface area contributed by atoms with Gasteiger partial charge in [0.25, 0.3) is 0 Å². The predicted octanol–water partition coefficient (Wildman–Crippen LogP) is 4.17. The Morgan fingerprint density at radius 1 is 1.19 bits per heavy atom. The van der Waals surface area contributed by atoms with Gasteiger partial charge in [-0.25, -0.2) is 0 Å². The molecule has 0 saturated carbocycles. The lowest BCUT2D eigenvalue weighted by Gasteiger charge is -2.38. The predicted molar refractivity (Wildman–Crippen MR) is 90.6 cm³/mol. The van der Waals surface area contributed by atoms with Crippen molar-refractivity contribution in [2.45, 2.75) is 37.8 Å². The van der Waals surface area contributed by atoms with Crippen LogP contribution in [0.15, 0.2) is 53.0 Å². The number of fused-ring (bicyclic) bond motifs is 1. The van der Waals surface area contributed by atoms with Crippen molar-refractivity contribution >= 4 is 21.6 Å². The van der Waals surface area contributed by atoms with E-state index < -0.39 is 5.60 Å². The van der Waals surface area contributed by atoms with Crippen LogP contribution < -0.4 is 5.32 Å². The summed E-state index contributed by atoms with van der Waals surface area (Å²) >= 11 is 3.44. The summed E-state index contributed by atoms with van der Waals surface area (Å²) in [4.78, 5) is 0. The Labute approximate surface area is 134 Å². The Morgan fingerprint density at radius 3 is 2.67 bits per heavy atom. The summed E-state index contributed by atoms with van der Waals surface area (Å²) in [6.07, 6.45) is 2.63. The Kier molecular flexibility index (Phi) is 4.05. The topological polar surface area (TPSA) is 32.3 Å². The van der Waals surface area contributed by atoms with Crippen molar-refractivity contribution in [1.82, 2.24) is 0 Å². The highest BCUT2D eigenvalue weighted by Crippen LogP contribution is 2.31. The monoisotopic (exact) mass is 345 g/mol. The van der Waals surface area contributed by atoms with E-state index in [1.807, 2.05) is 25.1 Å². The number of anilines is 1. The van der Waals surface area contributed by atoms with Crippen LogP contribution in [0.3, 0.4) is 0 Å². The fourth-order valence-electron chi connectivity index (χ4n) is 3.04. The highest BCUT2D eigenvalue weighted by Gasteiger charge is 2.34. The van der Waals surface area contributed by atoms with E-state index in [0.29, 0.717) is 6.42 Å². The molecule has 0 saturated heterocycles. The first-order valence-electron chi connectivity index (χ1n) is 7.36. The first-order valence-corrected chi connectivity index (χ1v) is 8.15. The second-order valence-corrected chi connectivity index (χ2v) is 6.97. The third kappa shape index (κ3) is 3.30. The van der Waals surface area contributed by atoms with Crippen molar-refractivity contribution in [2.75, 3.05) is 5.32 Å². The molecule has 0 aliphatic carbocycles. The lowest BCUT2D eigenvalue weighted by molar-refractivity contribution is 0.0363. The molecule has 2 N–H and O–H groups in total. The number of hydrogen-bond donors (Lipinski definition) is 2. The lowest BCUT2D eigenvalue weighted by Crippen LogP contribution is -2.48. The number of halogens is 1. The van der Waals surface area contributed by atoms with Gasteiger partial charge in [0.2, 0.25) is 0 Å². The van der Waals surface area contributed by atoms with Gasteiger partial charge < -0.3 is 10.4 Å². The molecule has 21 heavy (non-hydrogen) atoms. The van der Waals surface area contributed by atoms with Gasteiger partial charge in [-0.1, -0.05) is 46.3 Å². The molecule has 0 radical (unpaired) electrons. The molecule has 2 atom stereocenters. The molecule has 2 nitrogen and oxygen atoms in total. The minimum absolute atomic E-state index is 0.0797. The summed E-state index contributed by atoms with van der Waals surface area (Å²) in [6.45, 7) is 1.93. The Hall–Kier alpha value is -1.32. The summed E-state index contributed by atoms with van der Waals surface area (Å²) in [5.41, 5.74) is 2.89. The zero-order valence-electron chi connectivity index (χ0n) is 12.1. The summed E-state index contributed by atoms with van der Waals surface area (Å²) in [5, 5.41) is 14.4. The average Bonchev–Trinajstić information content (AvgIpc) is 2.49. The molecule has 1 aliphatic rings. The molecular formula is C18H20BrNO. The Bertz CT molecular complexity index is 621. The molecule has 0 aromatic heterocycles. The largest absolute Gasteiger partial charge is 0.388 e. The number of nitrogens with one attached hydrogen (secondary N) is 1. The number of benzene rings is 2. The zero-order chi connectivity index (χ0) is 14.9. The molecule has 1 heterocycles. The van der Waals surface area contributed by atoms with Crippen molar-refractivity contribution in [3.8, 4) is 0 Å². The number of para-hydroxylation sites is 1. The van der Waals surface area contributed by atoms with E-state index in [2.05, 4.69) is 51.6 Å². The molecule has 2 unspecified atom stereocenters. The van der Waals surface area contributed by atoms with Gasteiger partial charge in [-0.05, 0) is 49.1 Å². The minimum Gasteiger partial charge on any atom is -0.388 e. The first kappa shape index (κ1) is 14.6. The fourth-order valence-corrected chi connectivity index (χ4v) is 3.31. The van der Waals surface area contributed by atoms with Gasteiger partial charge in [-0.15, -0.1) is 0 Å². The van der Waals surface area contributed by atoms with Gasteiger partial charge >= 0.3 is 0 Å². The van der Waals surface area contributed by atoms with Crippen LogP contribution in [-0.4, -0.2) is 16.7 Å². The van der Waals surface area contributed by atoms with Crippen LogP contribution in [0.25, 0.3) is 0 Å². The quantitative estimate of drug-likeness (QED) is 0.874. The maximum atomic E-state index is 10.9. The molecule has 0 amide bonds. The van der Waals surface area contributed by atoms with Crippen LogP contribution in [0.2, 0.25) is 0 Å². The molecule has 0 bridgehead atoms. The lowest BCUT2D eigenvalue weighted by atomic mass is 9.83. The van der Waals surface area contributed by atoms with E-state index in [9.17, 15) is 5.11 Å². The smallest absolute Gasteiger partial charge is 0.0859 e. The van der Waals surface area contributed by atoms with Crippen LogP contribution in [0, 0.1) is 0 Å². The van der Waals surface area contributed by atoms with Crippen molar-refractivity contribution in [3.05, 3.63) is 64.1 Å². The van der Waals surface area contributed by atoms with E-state index in [1.54, 1.807) is 0 Å². The zero-order valence-corrected chi connectivity index (χ0v) is 13.7. The van der Waals surface area contributed by atoms with Crippen LogP contribution in [0.4, 0.5) is 5.69 Å². The van der Waals surface area contributed by atoms with E-state index in [4.69, 9.17) is 0 Å². The van der Waals surface area contributed by atoms with Crippen LogP contribution in [0.5, 0.6) is 0 Å². The first-order chi connectivity index (χ1) is 10.0. The van der Waals surface area contributed by atoms with E-state index in [-0.39, 0.29) is 6.04 Å². The SMILES string of the molecule is CC(O)(Cc1ccc(Br)cc1)C1CCc2ccccc2N1. The van der Waals surface area contributed by atoms with E-state index in [0.717, 1.165) is 28.6 Å². The Morgan fingerprint density at radius 2 is 1.90 bits per heavy atom.